The number of carbonyl (C=O) groups excluding carboxylic acids is 2. The highest BCUT2D eigenvalue weighted by molar-refractivity contribution is 6.07. The number of anilines is 1. The Morgan fingerprint density at radius 2 is 1.79 bits per heavy atom. The molecule has 0 bridgehead atoms. The zero-order chi connectivity index (χ0) is 20.6. The molecule has 0 saturated carbocycles. The minimum Gasteiger partial charge on any atom is -0.343 e. The molecular weight excluding hydrogens is 360 g/mol. The molecule has 1 unspecified atom stereocenters. The van der Waals surface area contributed by atoms with Gasteiger partial charge in [-0.25, -0.2) is 0 Å². The zero-order valence-electron chi connectivity index (χ0n) is 17.6. The fraction of sp³-hybridized carbons (Fsp3) is 0.440. The van der Waals surface area contributed by atoms with E-state index in [2.05, 4.69) is 39.0 Å². The third kappa shape index (κ3) is 3.93. The van der Waals surface area contributed by atoms with Crippen molar-refractivity contribution in [3.63, 3.8) is 0 Å². The Balaban J connectivity index is 1.52. The number of hydrogen-bond acceptors (Lipinski definition) is 2. The highest BCUT2D eigenvalue weighted by Crippen LogP contribution is 2.39. The number of amides is 2. The number of carbonyl (C=O) groups is 2. The maximum absolute atomic E-state index is 13.3. The van der Waals surface area contributed by atoms with Gasteiger partial charge in [-0.15, -0.1) is 0 Å². The van der Waals surface area contributed by atoms with Crippen LogP contribution in [0.5, 0.6) is 0 Å². The van der Waals surface area contributed by atoms with Gasteiger partial charge >= 0.3 is 0 Å². The molecule has 4 heteroatoms. The molecule has 152 valence electrons. The van der Waals surface area contributed by atoms with Crippen molar-refractivity contribution in [1.29, 1.82) is 0 Å². The highest BCUT2D eigenvalue weighted by atomic mass is 16.2. The highest BCUT2D eigenvalue weighted by Gasteiger charge is 2.33. The Morgan fingerprint density at radius 3 is 2.45 bits per heavy atom. The van der Waals surface area contributed by atoms with Crippen LogP contribution in [-0.4, -0.2) is 36.3 Å². The van der Waals surface area contributed by atoms with Crippen molar-refractivity contribution in [2.75, 3.05) is 24.5 Å². The number of benzene rings is 2. The minimum atomic E-state index is 0.0534. The lowest BCUT2D eigenvalue weighted by Crippen LogP contribution is -2.31. The lowest BCUT2D eigenvalue weighted by atomic mass is 9.86. The standard InChI is InChI=1S/C25H30N2O2/c1-25(2,3)20-12-10-18(11-13-20)24(29)27-17-19(21-7-4-5-8-22(21)27)14-16-26-15-6-9-23(26)28/h4-5,7-8,10-13,19H,6,9,14-17H2,1-3H3. The number of rotatable bonds is 4. The predicted molar refractivity (Wildman–Crippen MR) is 116 cm³/mol. The fourth-order valence-electron chi connectivity index (χ4n) is 4.46. The number of para-hydroxylation sites is 1. The molecule has 1 atom stereocenters. The summed E-state index contributed by atoms with van der Waals surface area (Å²) in [5.41, 5.74) is 4.25. The van der Waals surface area contributed by atoms with Gasteiger partial charge in [-0.05, 0) is 47.6 Å². The Bertz CT molecular complexity index is 911. The molecule has 0 spiro atoms. The van der Waals surface area contributed by atoms with Gasteiger partial charge in [0.05, 0.1) is 0 Å². The summed E-state index contributed by atoms with van der Waals surface area (Å²) in [5.74, 6) is 0.596. The second-order valence-electron chi connectivity index (χ2n) is 9.27. The summed E-state index contributed by atoms with van der Waals surface area (Å²) in [5, 5.41) is 0. The third-order valence-electron chi connectivity index (χ3n) is 6.23. The molecule has 2 aliphatic rings. The molecule has 1 saturated heterocycles. The first-order valence-corrected chi connectivity index (χ1v) is 10.6. The fourth-order valence-corrected chi connectivity index (χ4v) is 4.46. The lowest BCUT2D eigenvalue weighted by molar-refractivity contribution is -0.127. The molecule has 1 fully saturated rings. The van der Waals surface area contributed by atoms with Crippen LogP contribution in [0.1, 0.15) is 67.4 Å². The van der Waals surface area contributed by atoms with Gasteiger partial charge in [0.25, 0.3) is 5.91 Å². The van der Waals surface area contributed by atoms with Crippen LogP contribution >= 0.6 is 0 Å². The van der Waals surface area contributed by atoms with E-state index in [0.717, 1.165) is 37.2 Å². The molecule has 2 aromatic rings. The molecular formula is C25H30N2O2. The van der Waals surface area contributed by atoms with Crippen LogP contribution in [0, 0.1) is 0 Å². The normalized spacial score (nSPS) is 19.0. The van der Waals surface area contributed by atoms with Crippen LogP contribution in [0.15, 0.2) is 48.5 Å². The average molecular weight is 391 g/mol. The van der Waals surface area contributed by atoms with Crippen molar-refractivity contribution in [3.05, 3.63) is 65.2 Å². The van der Waals surface area contributed by atoms with E-state index >= 15 is 0 Å². The second kappa shape index (κ2) is 7.66. The molecule has 0 aromatic heterocycles. The molecule has 4 nitrogen and oxygen atoms in total. The van der Waals surface area contributed by atoms with Gasteiger partial charge in [-0.3, -0.25) is 9.59 Å². The Hall–Kier alpha value is -2.62. The van der Waals surface area contributed by atoms with Crippen LogP contribution in [0.4, 0.5) is 5.69 Å². The monoisotopic (exact) mass is 390 g/mol. The molecule has 2 aliphatic heterocycles. The summed E-state index contributed by atoms with van der Waals surface area (Å²) in [6.45, 7) is 8.86. The van der Waals surface area contributed by atoms with Gasteiger partial charge in [0.1, 0.15) is 0 Å². The summed E-state index contributed by atoms with van der Waals surface area (Å²) in [6, 6.07) is 16.2. The number of likely N-dealkylation sites (tertiary alicyclic amines) is 1. The van der Waals surface area contributed by atoms with Crippen molar-refractivity contribution in [1.82, 2.24) is 4.90 Å². The Labute approximate surface area is 173 Å². The summed E-state index contributed by atoms with van der Waals surface area (Å²) < 4.78 is 0. The van der Waals surface area contributed by atoms with Crippen molar-refractivity contribution >= 4 is 17.5 Å². The molecule has 29 heavy (non-hydrogen) atoms. The van der Waals surface area contributed by atoms with Crippen molar-refractivity contribution in [3.8, 4) is 0 Å². The Morgan fingerprint density at radius 1 is 1.07 bits per heavy atom. The van der Waals surface area contributed by atoms with E-state index < -0.39 is 0 Å². The zero-order valence-corrected chi connectivity index (χ0v) is 17.6. The van der Waals surface area contributed by atoms with Crippen LogP contribution < -0.4 is 4.90 Å². The van der Waals surface area contributed by atoms with Gasteiger partial charge in [0.15, 0.2) is 0 Å². The minimum absolute atomic E-state index is 0.0534. The van der Waals surface area contributed by atoms with Gasteiger partial charge in [0.2, 0.25) is 5.91 Å². The first-order chi connectivity index (χ1) is 13.8. The van der Waals surface area contributed by atoms with Crippen molar-refractivity contribution < 1.29 is 9.59 Å². The van der Waals surface area contributed by atoms with E-state index in [1.165, 1.54) is 11.1 Å². The van der Waals surface area contributed by atoms with Crippen LogP contribution in [0.25, 0.3) is 0 Å². The van der Waals surface area contributed by atoms with Gasteiger partial charge in [-0.2, -0.15) is 0 Å². The lowest BCUT2D eigenvalue weighted by Gasteiger charge is -2.21. The van der Waals surface area contributed by atoms with Crippen LogP contribution in [-0.2, 0) is 10.2 Å². The summed E-state index contributed by atoms with van der Waals surface area (Å²) in [4.78, 5) is 29.1. The molecule has 2 aromatic carbocycles. The van der Waals surface area contributed by atoms with Crippen LogP contribution in [0.3, 0.4) is 0 Å². The first-order valence-electron chi connectivity index (χ1n) is 10.6. The SMILES string of the molecule is CC(C)(C)c1ccc(C(=O)N2CC(CCN3CCCC3=O)c3ccccc32)cc1. The van der Waals surface area contributed by atoms with Crippen molar-refractivity contribution in [2.45, 2.75) is 51.4 Å². The van der Waals surface area contributed by atoms with E-state index in [0.29, 0.717) is 13.0 Å². The van der Waals surface area contributed by atoms with Gasteiger partial charge in [0, 0.05) is 43.2 Å². The van der Waals surface area contributed by atoms with E-state index in [1.807, 2.05) is 40.1 Å². The van der Waals surface area contributed by atoms with Crippen molar-refractivity contribution in [2.24, 2.45) is 0 Å². The average Bonchev–Trinajstić information content (AvgIpc) is 3.28. The molecule has 2 amide bonds. The maximum Gasteiger partial charge on any atom is 0.258 e. The number of fused-ring (bicyclic) bond motifs is 1. The molecule has 2 heterocycles. The van der Waals surface area contributed by atoms with Gasteiger partial charge in [-0.1, -0.05) is 51.1 Å². The quantitative estimate of drug-likeness (QED) is 0.756. The van der Waals surface area contributed by atoms with E-state index in [4.69, 9.17) is 0 Å². The summed E-state index contributed by atoms with van der Waals surface area (Å²) in [6.07, 6.45) is 2.54. The molecule has 0 N–H and O–H groups in total. The first kappa shape index (κ1) is 19.7. The summed E-state index contributed by atoms with van der Waals surface area (Å²) >= 11 is 0. The van der Waals surface area contributed by atoms with E-state index in [9.17, 15) is 9.59 Å². The summed E-state index contributed by atoms with van der Waals surface area (Å²) in [7, 11) is 0. The molecule has 0 aliphatic carbocycles. The largest absolute Gasteiger partial charge is 0.343 e. The second-order valence-corrected chi connectivity index (χ2v) is 9.27. The Kier molecular flexibility index (Phi) is 5.20. The van der Waals surface area contributed by atoms with Crippen LogP contribution in [0.2, 0.25) is 0 Å². The van der Waals surface area contributed by atoms with E-state index in [1.54, 1.807) is 0 Å². The third-order valence-corrected chi connectivity index (χ3v) is 6.23. The maximum atomic E-state index is 13.3. The molecule has 0 radical (unpaired) electrons. The topological polar surface area (TPSA) is 40.6 Å². The number of nitrogens with zero attached hydrogens (tertiary/aromatic N) is 2. The van der Waals surface area contributed by atoms with E-state index in [-0.39, 0.29) is 23.1 Å². The smallest absolute Gasteiger partial charge is 0.258 e. The number of hydrogen-bond donors (Lipinski definition) is 0. The molecule has 4 rings (SSSR count). The van der Waals surface area contributed by atoms with Gasteiger partial charge < -0.3 is 9.80 Å². The predicted octanol–water partition coefficient (Wildman–Crippen LogP) is 4.74.